The van der Waals surface area contributed by atoms with Crippen molar-refractivity contribution in [1.82, 2.24) is 5.32 Å². The number of amides is 3. The van der Waals surface area contributed by atoms with Gasteiger partial charge in [-0.05, 0) is 24.6 Å². The molecule has 0 bridgehead atoms. The number of nitrogens with one attached hydrogen (secondary N) is 1. The maximum Gasteiger partial charge on any atom is 0.329 e. The van der Waals surface area contributed by atoms with Crippen LogP contribution < -0.4 is 16.0 Å². The SMILES string of the molecule is NCCc1ccccc1N1CC(=O)NC1=O. The number of nitrogens with two attached hydrogens (primary N) is 1. The third-order valence-corrected chi connectivity index (χ3v) is 2.49. The normalized spacial score (nSPS) is 15.4. The van der Waals surface area contributed by atoms with E-state index in [1.54, 1.807) is 0 Å². The average Bonchev–Trinajstić information content (AvgIpc) is 2.59. The Kier molecular flexibility index (Phi) is 2.87. The first-order valence-corrected chi connectivity index (χ1v) is 5.11. The fourth-order valence-corrected chi connectivity index (χ4v) is 1.78. The summed E-state index contributed by atoms with van der Waals surface area (Å²) >= 11 is 0. The third-order valence-electron chi connectivity index (χ3n) is 2.49. The number of carbonyl (C=O) groups excluding carboxylic acids is 2. The fourth-order valence-electron chi connectivity index (χ4n) is 1.78. The summed E-state index contributed by atoms with van der Waals surface area (Å²) in [5.41, 5.74) is 7.25. The van der Waals surface area contributed by atoms with Crippen molar-refractivity contribution in [3.05, 3.63) is 29.8 Å². The molecule has 1 aromatic carbocycles. The van der Waals surface area contributed by atoms with Crippen LogP contribution in [0, 0.1) is 0 Å². The molecule has 0 saturated carbocycles. The van der Waals surface area contributed by atoms with E-state index >= 15 is 0 Å². The van der Waals surface area contributed by atoms with Gasteiger partial charge in [-0.2, -0.15) is 0 Å². The minimum atomic E-state index is -0.366. The van der Waals surface area contributed by atoms with Gasteiger partial charge >= 0.3 is 6.03 Å². The Morgan fingerprint density at radius 1 is 1.31 bits per heavy atom. The minimum Gasteiger partial charge on any atom is -0.330 e. The molecule has 1 aliphatic heterocycles. The van der Waals surface area contributed by atoms with Gasteiger partial charge in [-0.25, -0.2) is 4.79 Å². The molecule has 84 valence electrons. The van der Waals surface area contributed by atoms with Crippen LogP contribution >= 0.6 is 0 Å². The number of nitrogens with zero attached hydrogens (tertiary/aromatic N) is 1. The number of para-hydroxylation sites is 1. The van der Waals surface area contributed by atoms with Gasteiger partial charge in [-0.3, -0.25) is 15.0 Å². The highest BCUT2D eigenvalue weighted by Crippen LogP contribution is 2.22. The molecule has 0 aliphatic carbocycles. The van der Waals surface area contributed by atoms with Crippen molar-refractivity contribution in [2.45, 2.75) is 6.42 Å². The number of carbonyl (C=O) groups is 2. The first-order valence-electron chi connectivity index (χ1n) is 5.11. The molecular weight excluding hydrogens is 206 g/mol. The van der Waals surface area contributed by atoms with E-state index in [0.717, 1.165) is 11.3 Å². The number of anilines is 1. The summed E-state index contributed by atoms with van der Waals surface area (Å²) in [6.45, 7) is 0.598. The van der Waals surface area contributed by atoms with Gasteiger partial charge in [0.15, 0.2) is 0 Å². The smallest absolute Gasteiger partial charge is 0.329 e. The zero-order valence-electron chi connectivity index (χ0n) is 8.77. The average molecular weight is 219 g/mol. The first kappa shape index (κ1) is 10.6. The highest BCUT2D eigenvalue weighted by molar-refractivity contribution is 6.12. The molecule has 0 unspecified atom stereocenters. The van der Waals surface area contributed by atoms with Crippen LogP contribution in [0.1, 0.15) is 5.56 Å². The van der Waals surface area contributed by atoms with Crippen molar-refractivity contribution in [3.8, 4) is 0 Å². The van der Waals surface area contributed by atoms with Gasteiger partial charge < -0.3 is 5.73 Å². The van der Waals surface area contributed by atoms with E-state index in [0.29, 0.717) is 13.0 Å². The van der Waals surface area contributed by atoms with Crippen molar-refractivity contribution in [2.75, 3.05) is 18.0 Å². The lowest BCUT2D eigenvalue weighted by Crippen LogP contribution is -2.28. The molecule has 1 aromatic rings. The molecule has 1 heterocycles. The van der Waals surface area contributed by atoms with Crippen LogP contribution in [0.3, 0.4) is 0 Å². The summed E-state index contributed by atoms with van der Waals surface area (Å²) in [5.74, 6) is -0.271. The summed E-state index contributed by atoms with van der Waals surface area (Å²) in [6.07, 6.45) is 0.689. The van der Waals surface area contributed by atoms with E-state index in [4.69, 9.17) is 5.73 Å². The minimum absolute atomic E-state index is 0.0837. The summed E-state index contributed by atoms with van der Waals surface area (Å²) in [7, 11) is 0. The van der Waals surface area contributed by atoms with E-state index in [-0.39, 0.29) is 18.5 Å². The molecule has 2 rings (SSSR count). The largest absolute Gasteiger partial charge is 0.330 e. The molecule has 5 nitrogen and oxygen atoms in total. The van der Waals surface area contributed by atoms with E-state index in [1.165, 1.54) is 4.90 Å². The second-order valence-electron chi connectivity index (χ2n) is 3.61. The molecule has 0 aromatic heterocycles. The van der Waals surface area contributed by atoms with Crippen molar-refractivity contribution in [2.24, 2.45) is 5.73 Å². The molecule has 16 heavy (non-hydrogen) atoms. The molecule has 0 spiro atoms. The van der Waals surface area contributed by atoms with Crippen LogP contribution in [0.25, 0.3) is 0 Å². The molecule has 0 atom stereocenters. The van der Waals surface area contributed by atoms with E-state index < -0.39 is 0 Å². The zero-order chi connectivity index (χ0) is 11.5. The number of urea groups is 1. The van der Waals surface area contributed by atoms with Crippen molar-refractivity contribution < 1.29 is 9.59 Å². The Bertz CT molecular complexity index is 431. The number of imide groups is 1. The predicted octanol–water partition coefficient (Wildman–Crippen LogP) is 0.244. The number of hydrogen-bond acceptors (Lipinski definition) is 3. The molecule has 3 N–H and O–H groups in total. The Hall–Kier alpha value is -1.88. The van der Waals surface area contributed by atoms with Gasteiger partial charge in [0.25, 0.3) is 0 Å². The summed E-state index contributed by atoms with van der Waals surface area (Å²) in [5, 5.41) is 2.25. The number of hydrogen-bond donors (Lipinski definition) is 2. The van der Waals surface area contributed by atoms with Crippen LogP contribution in [-0.2, 0) is 11.2 Å². The summed E-state index contributed by atoms with van der Waals surface area (Å²) in [4.78, 5) is 24.1. The van der Waals surface area contributed by atoms with Crippen LogP contribution in [0.2, 0.25) is 0 Å². The lowest BCUT2D eigenvalue weighted by molar-refractivity contribution is -0.117. The van der Waals surface area contributed by atoms with Gasteiger partial charge in [0.1, 0.15) is 6.54 Å². The van der Waals surface area contributed by atoms with Crippen molar-refractivity contribution in [3.63, 3.8) is 0 Å². The summed E-state index contributed by atoms with van der Waals surface area (Å²) in [6, 6.07) is 7.10. The molecule has 5 heteroatoms. The van der Waals surface area contributed by atoms with Gasteiger partial charge in [-0.1, -0.05) is 18.2 Å². The molecule has 0 radical (unpaired) electrons. The summed E-state index contributed by atoms with van der Waals surface area (Å²) < 4.78 is 0. The molecule has 3 amide bonds. The highest BCUT2D eigenvalue weighted by atomic mass is 16.2. The lowest BCUT2D eigenvalue weighted by Gasteiger charge is -2.17. The van der Waals surface area contributed by atoms with Crippen molar-refractivity contribution >= 4 is 17.6 Å². The molecule has 1 aliphatic rings. The Morgan fingerprint density at radius 3 is 2.69 bits per heavy atom. The van der Waals surface area contributed by atoms with Gasteiger partial charge in [0.2, 0.25) is 5.91 Å². The monoisotopic (exact) mass is 219 g/mol. The second kappa shape index (κ2) is 4.32. The Balaban J connectivity index is 2.32. The van der Waals surface area contributed by atoms with E-state index in [9.17, 15) is 9.59 Å². The Morgan fingerprint density at radius 2 is 2.06 bits per heavy atom. The molecule has 1 fully saturated rings. The number of benzene rings is 1. The Labute approximate surface area is 93.2 Å². The van der Waals surface area contributed by atoms with Gasteiger partial charge in [0, 0.05) is 5.69 Å². The van der Waals surface area contributed by atoms with E-state index in [1.807, 2.05) is 24.3 Å². The lowest BCUT2D eigenvalue weighted by atomic mass is 10.1. The highest BCUT2D eigenvalue weighted by Gasteiger charge is 2.28. The first-order chi connectivity index (χ1) is 7.72. The quantitative estimate of drug-likeness (QED) is 0.715. The van der Waals surface area contributed by atoms with Gasteiger partial charge in [-0.15, -0.1) is 0 Å². The number of rotatable bonds is 3. The fraction of sp³-hybridized carbons (Fsp3) is 0.273. The van der Waals surface area contributed by atoms with Crippen molar-refractivity contribution in [1.29, 1.82) is 0 Å². The second-order valence-corrected chi connectivity index (χ2v) is 3.61. The van der Waals surface area contributed by atoms with Crippen LogP contribution in [-0.4, -0.2) is 25.0 Å². The van der Waals surface area contributed by atoms with E-state index in [2.05, 4.69) is 5.32 Å². The maximum atomic E-state index is 11.5. The molecule has 1 saturated heterocycles. The third kappa shape index (κ3) is 1.90. The van der Waals surface area contributed by atoms with Crippen LogP contribution in [0.5, 0.6) is 0 Å². The zero-order valence-corrected chi connectivity index (χ0v) is 8.77. The van der Waals surface area contributed by atoms with Gasteiger partial charge in [0.05, 0.1) is 0 Å². The maximum absolute atomic E-state index is 11.5. The van der Waals surface area contributed by atoms with Crippen LogP contribution in [0.15, 0.2) is 24.3 Å². The standard InChI is InChI=1S/C11H13N3O2/c12-6-5-8-3-1-2-4-9(8)14-7-10(15)13-11(14)16/h1-4H,5-7,12H2,(H,13,15,16). The molecular formula is C11H13N3O2. The van der Waals surface area contributed by atoms with Crippen LogP contribution in [0.4, 0.5) is 10.5 Å². The predicted molar refractivity (Wildman–Crippen MR) is 60.1 cm³/mol. The topological polar surface area (TPSA) is 75.4 Å².